The first-order chi connectivity index (χ1) is 11.3. The van der Waals surface area contributed by atoms with E-state index in [1.54, 1.807) is 0 Å². The molecule has 2 heteroatoms. The summed E-state index contributed by atoms with van der Waals surface area (Å²) in [7, 11) is 2.22. The monoisotopic (exact) mass is 304 g/mol. The molecular weight excluding hydrogens is 280 g/mol. The van der Waals surface area contributed by atoms with Crippen LogP contribution in [-0.2, 0) is 12.8 Å². The minimum absolute atomic E-state index is 0.679. The number of likely N-dealkylation sites (tertiary alicyclic amines) is 1. The fourth-order valence-electron chi connectivity index (χ4n) is 3.80. The van der Waals surface area contributed by atoms with Crippen LogP contribution in [0.3, 0.4) is 0 Å². The van der Waals surface area contributed by atoms with Crippen molar-refractivity contribution in [3.8, 4) is 0 Å². The Balaban J connectivity index is 1.57. The number of hydrogen-bond acceptors (Lipinski definition) is 1. The van der Waals surface area contributed by atoms with E-state index in [2.05, 4.69) is 71.7 Å². The second-order valence-electron chi connectivity index (χ2n) is 6.86. The summed E-state index contributed by atoms with van der Waals surface area (Å²) in [5.74, 6) is 0.679. The van der Waals surface area contributed by atoms with Crippen LogP contribution >= 0.6 is 0 Å². The third-order valence-corrected chi connectivity index (χ3v) is 5.15. The van der Waals surface area contributed by atoms with Gasteiger partial charge in [-0.1, -0.05) is 36.4 Å². The van der Waals surface area contributed by atoms with Gasteiger partial charge in [0, 0.05) is 23.6 Å². The van der Waals surface area contributed by atoms with Gasteiger partial charge in [-0.3, -0.25) is 0 Å². The summed E-state index contributed by atoms with van der Waals surface area (Å²) in [5.41, 5.74) is 5.64. The van der Waals surface area contributed by atoms with E-state index in [0.717, 1.165) is 12.8 Å². The molecule has 1 saturated heterocycles. The number of aryl methyl sites for hydroxylation is 2. The predicted molar refractivity (Wildman–Crippen MR) is 97.0 cm³/mol. The molecule has 2 aromatic carbocycles. The summed E-state index contributed by atoms with van der Waals surface area (Å²) in [5, 5.41) is 1.43. The summed E-state index contributed by atoms with van der Waals surface area (Å²) in [6, 6.07) is 17.7. The number of aromatic nitrogens is 1. The van der Waals surface area contributed by atoms with Crippen LogP contribution in [0.1, 0.15) is 29.0 Å². The molecule has 1 N–H and O–H groups in total. The molecule has 0 aliphatic carbocycles. The van der Waals surface area contributed by atoms with E-state index >= 15 is 0 Å². The highest BCUT2D eigenvalue weighted by atomic mass is 15.1. The first-order valence-electron chi connectivity index (χ1n) is 8.62. The molecule has 2 nitrogen and oxygen atoms in total. The van der Waals surface area contributed by atoms with Crippen molar-refractivity contribution in [2.45, 2.75) is 25.2 Å². The third kappa shape index (κ3) is 3.04. The van der Waals surface area contributed by atoms with E-state index < -0.39 is 0 Å². The molecule has 4 rings (SSSR count). The number of benzene rings is 2. The van der Waals surface area contributed by atoms with Crippen molar-refractivity contribution >= 4 is 10.9 Å². The molecule has 0 amide bonds. The van der Waals surface area contributed by atoms with Gasteiger partial charge >= 0.3 is 0 Å². The van der Waals surface area contributed by atoms with E-state index in [0.29, 0.717) is 5.92 Å². The van der Waals surface area contributed by atoms with Crippen LogP contribution in [0.25, 0.3) is 10.9 Å². The van der Waals surface area contributed by atoms with Crippen molar-refractivity contribution in [2.75, 3.05) is 20.1 Å². The smallest absolute Gasteiger partial charge is 0.0457 e. The molecule has 1 unspecified atom stereocenters. The van der Waals surface area contributed by atoms with Gasteiger partial charge in [-0.05, 0) is 67.6 Å². The molecule has 0 bridgehead atoms. The van der Waals surface area contributed by atoms with Crippen LogP contribution in [0.4, 0.5) is 0 Å². The fraction of sp³-hybridized carbons (Fsp3) is 0.333. The van der Waals surface area contributed by atoms with Crippen LogP contribution < -0.4 is 0 Å². The molecule has 23 heavy (non-hydrogen) atoms. The molecule has 1 aliphatic rings. The maximum absolute atomic E-state index is 3.46. The Morgan fingerprint density at radius 3 is 2.65 bits per heavy atom. The second-order valence-corrected chi connectivity index (χ2v) is 6.86. The minimum Gasteiger partial charge on any atom is -0.361 e. The highest BCUT2D eigenvalue weighted by Crippen LogP contribution is 2.32. The summed E-state index contributed by atoms with van der Waals surface area (Å²) in [6.07, 6.45) is 5.72. The number of nitrogens with zero attached hydrogens (tertiary/aromatic N) is 1. The molecule has 1 aliphatic heterocycles. The van der Waals surface area contributed by atoms with E-state index in [1.807, 2.05) is 0 Å². The van der Waals surface area contributed by atoms with E-state index in [4.69, 9.17) is 0 Å². The number of fused-ring (bicyclic) bond motifs is 1. The largest absolute Gasteiger partial charge is 0.361 e. The molecule has 2 heterocycles. The topological polar surface area (TPSA) is 19.0 Å². The van der Waals surface area contributed by atoms with Crippen LogP contribution in [0.2, 0.25) is 0 Å². The zero-order valence-electron chi connectivity index (χ0n) is 13.8. The highest BCUT2D eigenvalue weighted by molar-refractivity contribution is 5.84. The molecular formula is C21H24N2. The van der Waals surface area contributed by atoms with Crippen LogP contribution in [0.15, 0.2) is 54.7 Å². The van der Waals surface area contributed by atoms with Crippen molar-refractivity contribution in [2.24, 2.45) is 0 Å². The number of rotatable bonds is 4. The van der Waals surface area contributed by atoms with Crippen LogP contribution in [0.5, 0.6) is 0 Å². The highest BCUT2D eigenvalue weighted by Gasteiger charge is 2.23. The van der Waals surface area contributed by atoms with E-state index in [9.17, 15) is 0 Å². The first kappa shape index (κ1) is 14.5. The predicted octanol–water partition coefficient (Wildman–Crippen LogP) is 4.37. The Morgan fingerprint density at radius 2 is 1.87 bits per heavy atom. The molecule has 1 fully saturated rings. The number of likely N-dealkylation sites (N-methyl/N-ethyl adjacent to an activating group) is 1. The number of aromatic amines is 1. The summed E-state index contributed by atoms with van der Waals surface area (Å²) >= 11 is 0. The van der Waals surface area contributed by atoms with Gasteiger partial charge in [-0.2, -0.15) is 0 Å². The normalized spacial score (nSPS) is 18.7. The Hall–Kier alpha value is -2.06. The Kier molecular flexibility index (Phi) is 3.92. The zero-order chi connectivity index (χ0) is 15.6. The SMILES string of the molecule is CN1CCC(c2c[nH]c3ccc(CCc4ccccc4)cc23)C1. The van der Waals surface area contributed by atoms with Gasteiger partial charge in [-0.15, -0.1) is 0 Å². The van der Waals surface area contributed by atoms with Crippen LogP contribution in [-0.4, -0.2) is 30.0 Å². The first-order valence-corrected chi connectivity index (χ1v) is 8.62. The standard InChI is InChI=1S/C21H24N2/c1-23-12-11-18(15-23)20-14-22-21-10-9-17(13-19(20)21)8-7-16-5-3-2-4-6-16/h2-6,9-10,13-14,18,22H,7-8,11-12,15H2,1H3. The zero-order valence-corrected chi connectivity index (χ0v) is 13.8. The molecule has 0 saturated carbocycles. The Morgan fingerprint density at radius 1 is 1.04 bits per heavy atom. The second kappa shape index (κ2) is 6.21. The van der Waals surface area contributed by atoms with Gasteiger partial charge in [0.1, 0.15) is 0 Å². The third-order valence-electron chi connectivity index (χ3n) is 5.15. The van der Waals surface area contributed by atoms with Crippen LogP contribution in [0, 0.1) is 0 Å². The summed E-state index contributed by atoms with van der Waals surface area (Å²) in [6.45, 7) is 2.40. The number of hydrogen-bond donors (Lipinski definition) is 1. The van der Waals surface area contributed by atoms with Gasteiger partial charge in [-0.25, -0.2) is 0 Å². The van der Waals surface area contributed by atoms with Gasteiger partial charge < -0.3 is 9.88 Å². The molecule has 3 aromatic rings. The van der Waals surface area contributed by atoms with Crippen molar-refractivity contribution in [1.82, 2.24) is 9.88 Å². The molecule has 0 radical (unpaired) electrons. The maximum Gasteiger partial charge on any atom is 0.0457 e. The lowest BCUT2D eigenvalue weighted by Crippen LogP contribution is -2.13. The van der Waals surface area contributed by atoms with E-state index in [1.165, 1.54) is 47.1 Å². The average Bonchev–Trinajstić information content (AvgIpc) is 3.19. The lowest BCUT2D eigenvalue weighted by molar-refractivity contribution is 0.412. The van der Waals surface area contributed by atoms with Gasteiger partial charge in [0.2, 0.25) is 0 Å². The van der Waals surface area contributed by atoms with Crippen molar-refractivity contribution < 1.29 is 0 Å². The average molecular weight is 304 g/mol. The maximum atomic E-state index is 3.46. The quantitative estimate of drug-likeness (QED) is 0.758. The van der Waals surface area contributed by atoms with Gasteiger partial charge in [0.25, 0.3) is 0 Å². The van der Waals surface area contributed by atoms with Gasteiger partial charge in [0.15, 0.2) is 0 Å². The molecule has 0 spiro atoms. The Bertz CT molecular complexity index is 788. The molecule has 1 atom stereocenters. The van der Waals surface area contributed by atoms with Crippen molar-refractivity contribution in [3.63, 3.8) is 0 Å². The number of H-pyrrole nitrogens is 1. The fourth-order valence-corrected chi connectivity index (χ4v) is 3.80. The summed E-state index contributed by atoms with van der Waals surface area (Å²) in [4.78, 5) is 5.90. The van der Waals surface area contributed by atoms with Crippen molar-refractivity contribution in [1.29, 1.82) is 0 Å². The molecule has 1 aromatic heterocycles. The number of nitrogens with one attached hydrogen (secondary N) is 1. The summed E-state index contributed by atoms with van der Waals surface area (Å²) < 4.78 is 0. The minimum atomic E-state index is 0.679. The van der Waals surface area contributed by atoms with E-state index in [-0.39, 0.29) is 0 Å². The Labute approximate surface area is 138 Å². The lowest BCUT2D eigenvalue weighted by atomic mass is 9.96. The van der Waals surface area contributed by atoms with Crippen molar-refractivity contribution in [3.05, 3.63) is 71.4 Å². The lowest BCUT2D eigenvalue weighted by Gasteiger charge is -2.10. The molecule has 118 valence electrons. The van der Waals surface area contributed by atoms with Gasteiger partial charge in [0.05, 0.1) is 0 Å².